The lowest BCUT2D eigenvalue weighted by atomic mass is 10.0. The van der Waals surface area contributed by atoms with Crippen LogP contribution < -0.4 is 5.32 Å². The first-order valence-corrected chi connectivity index (χ1v) is 11.6. The summed E-state index contributed by atoms with van der Waals surface area (Å²) in [6.45, 7) is 2.64. The first-order chi connectivity index (χ1) is 16.9. The first kappa shape index (κ1) is 22.6. The average Bonchev–Trinajstić information content (AvgIpc) is 3.12. The van der Waals surface area contributed by atoms with Gasteiger partial charge in [0.25, 0.3) is 11.8 Å². The molecule has 5 rings (SSSR count). The van der Waals surface area contributed by atoms with Crippen molar-refractivity contribution in [1.82, 2.24) is 14.8 Å². The molecule has 2 heterocycles. The number of barbiturate groups is 1. The number of para-hydroxylation sites is 1. The van der Waals surface area contributed by atoms with Crippen LogP contribution in [0.2, 0.25) is 5.02 Å². The number of halogens is 1. The van der Waals surface area contributed by atoms with E-state index >= 15 is 0 Å². The molecule has 0 spiro atoms. The number of amides is 4. The van der Waals surface area contributed by atoms with Crippen LogP contribution in [0.1, 0.15) is 22.4 Å². The number of carbonyl (C=O) groups is 3. The zero-order valence-corrected chi connectivity index (χ0v) is 19.8. The van der Waals surface area contributed by atoms with E-state index in [2.05, 4.69) is 9.88 Å². The van der Waals surface area contributed by atoms with Crippen LogP contribution in [0, 0.1) is 6.92 Å². The molecule has 0 aliphatic carbocycles. The van der Waals surface area contributed by atoms with Gasteiger partial charge in [-0.2, -0.15) is 0 Å². The largest absolute Gasteiger partial charge is 0.340 e. The van der Waals surface area contributed by atoms with E-state index in [0.717, 1.165) is 38.2 Å². The molecule has 6 nitrogen and oxygen atoms in total. The fraction of sp³-hybridized carbons (Fsp3) is 0.107. The number of nitrogens with one attached hydrogen (secondary N) is 1. The van der Waals surface area contributed by atoms with Gasteiger partial charge in [-0.3, -0.25) is 19.8 Å². The van der Waals surface area contributed by atoms with E-state index in [0.29, 0.717) is 11.6 Å². The molecule has 4 amide bonds. The zero-order chi connectivity index (χ0) is 24.5. The average molecular weight is 484 g/mol. The summed E-state index contributed by atoms with van der Waals surface area (Å²) in [5.41, 5.74) is 4.44. The molecule has 1 N–H and O–H groups in total. The predicted octanol–water partition coefficient (Wildman–Crippen LogP) is 5.31. The van der Waals surface area contributed by atoms with Gasteiger partial charge in [0.1, 0.15) is 5.57 Å². The quantitative estimate of drug-likeness (QED) is 0.309. The summed E-state index contributed by atoms with van der Waals surface area (Å²) in [7, 11) is 0. The van der Waals surface area contributed by atoms with Crippen molar-refractivity contribution >= 4 is 46.4 Å². The van der Waals surface area contributed by atoms with Gasteiger partial charge >= 0.3 is 6.03 Å². The predicted molar refractivity (Wildman–Crippen MR) is 136 cm³/mol. The number of fused-ring (bicyclic) bond motifs is 1. The van der Waals surface area contributed by atoms with Crippen LogP contribution in [-0.2, 0) is 22.7 Å². The van der Waals surface area contributed by atoms with E-state index in [1.165, 1.54) is 0 Å². The highest BCUT2D eigenvalue weighted by atomic mass is 35.5. The molecule has 0 saturated carbocycles. The molecular formula is C28H22ClN3O3. The van der Waals surface area contributed by atoms with Crippen LogP contribution >= 0.6 is 11.6 Å². The standard InChI is InChI=1S/C28H22ClN3O3/c1-18-23(22-9-5-6-10-25(22)31(18)16-20-11-13-21(29)14-12-20)15-24-26(33)30-28(35)32(27(24)34)17-19-7-3-2-4-8-19/h2-15H,16-17H2,1H3,(H,30,33,35)/b24-15+. The Morgan fingerprint density at radius 2 is 1.49 bits per heavy atom. The fourth-order valence-corrected chi connectivity index (χ4v) is 4.49. The monoisotopic (exact) mass is 483 g/mol. The highest BCUT2D eigenvalue weighted by molar-refractivity contribution is 6.31. The molecule has 1 aromatic heterocycles. The highest BCUT2D eigenvalue weighted by Gasteiger charge is 2.36. The zero-order valence-electron chi connectivity index (χ0n) is 19.0. The third-order valence-electron chi connectivity index (χ3n) is 6.19. The van der Waals surface area contributed by atoms with Gasteiger partial charge in [-0.15, -0.1) is 0 Å². The van der Waals surface area contributed by atoms with Gasteiger partial charge in [-0.1, -0.05) is 72.3 Å². The number of urea groups is 1. The van der Waals surface area contributed by atoms with Crippen molar-refractivity contribution in [3.8, 4) is 0 Å². The molecule has 0 atom stereocenters. The second kappa shape index (κ2) is 9.24. The van der Waals surface area contributed by atoms with E-state index in [9.17, 15) is 14.4 Å². The molecule has 4 aromatic rings. The van der Waals surface area contributed by atoms with Gasteiger partial charge in [-0.05, 0) is 42.3 Å². The molecule has 1 fully saturated rings. The molecule has 174 valence electrons. The van der Waals surface area contributed by atoms with Gasteiger partial charge in [0.15, 0.2) is 0 Å². The summed E-state index contributed by atoms with van der Waals surface area (Å²) >= 11 is 6.04. The SMILES string of the molecule is Cc1c(/C=C2\C(=O)NC(=O)N(Cc3ccccc3)C2=O)c2ccccc2n1Cc1ccc(Cl)cc1. The van der Waals surface area contributed by atoms with Crippen molar-refractivity contribution < 1.29 is 14.4 Å². The Kier molecular flexibility index (Phi) is 5.97. The summed E-state index contributed by atoms with van der Waals surface area (Å²) < 4.78 is 2.14. The Bertz CT molecular complexity index is 1490. The van der Waals surface area contributed by atoms with Crippen molar-refractivity contribution in [1.29, 1.82) is 0 Å². The lowest BCUT2D eigenvalue weighted by Gasteiger charge is -2.26. The Labute approximate surface area is 207 Å². The van der Waals surface area contributed by atoms with Crippen LogP contribution in [-0.4, -0.2) is 27.3 Å². The van der Waals surface area contributed by atoms with Gasteiger partial charge in [0.05, 0.1) is 6.54 Å². The molecule has 1 aliphatic heterocycles. The fourth-order valence-electron chi connectivity index (χ4n) is 4.36. The lowest BCUT2D eigenvalue weighted by Crippen LogP contribution is -2.53. The maximum Gasteiger partial charge on any atom is 0.331 e. The molecule has 0 radical (unpaired) electrons. The van der Waals surface area contributed by atoms with E-state index in [1.807, 2.05) is 85.8 Å². The second-order valence-corrected chi connectivity index (χ2v) is 8.86. The van der Waals surface area contributed by atoms with Gasteiger partial charge < -0.3 is 4.57 Å². The van der Waals surface area contributed by atoms with Crippen LogP contribution in [0.25, 0.3) is 17.0 Å². The lowest BCUT2D eigenvalue weighted by molar-refractivity contribution is -0.130. The maximum atomic E-state index is 13.3. The minimum Gasteiger partial charge on any atom is -0.340 e. The minimum absolute atomic E-state index is 0.0713. The molecular weight excluding hydrogens is 462 g/mol. The van der Waals surface area contributed by atoms with Crippen molar-refractivity contribution in [2.24, 2.45) is 0 Å². The molecule has 7 heteroatoms. The van der Waals surface area contributed by atoms with Crippen LogP contribution in [0.4, 0.5) is 4.79 Å². The number of aromatic nitrogens is 1. The number of benzene rings is 3. The molecule has 1 saturated heterocycles. The van der Waals surface area contributed by atoms with Gasteiger partial charge in [0, 0.05) is 33.7 Å². The van der Waals surface area contributed by atoms with Crippen molar-refractivity contribution in [3.63, 3.8) is 0 Å². The first-order valence-electron chi connectivity index (χ1n) is 11.2. The molecule has 35 heavy (non-hydrogen) atoms. The summed E-state index contributed by atoms with van der Waals surface area (Å²) in [4.78, 5) is 39.5. The summed E-state index contributed by atoms with van der Waals surface area (Å²) in [5.74, 6) is -1.31. The molecule has 0 unspecified atom stereocenters. The number of hydrogen-bond donors (Lipinski definition) is 1. The van der Waals surface area contributed by atoms with E-state index in [1.54, 1.807) is 6.08 Å². The van der Waals surface area contributed by atoms with Crippen LogP contribution in [0.15, 0.2) is 84.4 Å². The molecule has 0 bridgehead atoms. The number of carbonyl (C=O) groups excluding carboxylic acids is 3. The summed E-state index contributed by atoms with van der Waals surface area (Å²) in [6.07, 6.45) is 1.60. The Hall–Kier alpha value is -4.16. The highest BCUT2D eigenvalue weighted by Crippen LogP contribution is 2.30. The second-order valence-electron chi connectivity index (χ2n) is 8.42. The number of rotatable bonds is 5. The van der Waals surface area contributed by atoms with Crippen molar-refractivity contribution in [3.05, 3.63) is 112 Å². The summed E-state index contributed by atoms with van der Waals surface area (Å²) in [5, 5.41) is 3.90. The van der Waals surface area contributed by atoms with Crippen LogP contribution in [0.5, 0.6) is 0 Å². The maximum absolute atomic E-state index is 13.3. The van der Waals surface area contributed by atoms with E-state index in [4.69, 9.17) is 11.6 Å². The Balaban J connectivity index is 1.56. The smallest absolute Gasteiger partial charge is 0.331 e. The Morgan fingerprint density at radius 1 is 0.829 bits per heavy atom. The van der Waals surface area contributed by atoms with Crippen molar-refractivity contribution in [2.75, 3.05) is 0 Å². The normalized spacial score (nSPS) is 15.2. The van der Waals surface area contributed by atoms with Gasteiger partial charge in [-0.25, -0.2) is 4.79 Å². The molecule has 1 aliphatic rings. The van der Waals surface area contributed by atoms with E-state index in [-0.39, 0.29) is 12.1 Å². The number of hydrogen-bond acceptors (Lipinski definition) is 3. The third kappa shape index (κ3) is 4.36. The van der Waals surface area contributed by atoms with Gasteiger partial charge in [0.2, 0.25) is 0 Å². The molecule has 3 aromatic carbocycles. The summed E-state index contributed by atoms with van der Waals surface area (Å²) in [6, 6.07) is 24.0. The van der Waals surface area contributed by atoms with Crippen LogP contribution in [0.3, 0.4) is 0 Å². The van der Waals surface area contributed by atoms with E-state index < -0.39 is 17.8 Å². The Morgan fingerprint density at radius 3 is 2.23 bits per heavy atom. The minimum atomic E-state index is -0.720. The topological polar surface area (TPSA) is 71.4 Å². The number of nitrogens with zero attached hydrogens (tertiary/aromatic N) is 2. The number of imide groups is 2. The third-order valence-corrected chi connectivity index (χ3v) is 6.44. The van der Waals surface area contributed by atoms with Crippen molar-refractivity contribution in [2.45, 2.75) is 20.0 Å².